The van der Waals surface area contributed by atoms with Gasteiger partial charge in [-0.05, 0) is 13.8 Å². The number of carboxylic acid groups (broad SMARTS) is 1. The number of nitrogens with one attached hydrogen (secondary N) is 1. The zero-order chi connectivity index (χ0) is 9.94. The molecule has 1 amide bonds. The van der Waals surface area contributed by atoms with E-state index < -0.39 is 22.7 Å². The molecule has 0 radical (unpaired) electrons. The Morgan fingerprint density at radius 2 is 1.92 bits per heavy atom. The van der Waals surface area contributed by atoms with Crippen molar-refractivity contribution in [2.75, 3.05) is 0 Å². The minimum Gasteiger partial charge on any atom is -0.548 e. The molecule has 70 valence electrons. The van der Waals surface area contributed by atoms with Gasteiger partial charge in [-0.25, -0.2) is 0 Å². The molecular formula is C7H12NO3S-. The first-order chi connectivity index (χ1) is 5.25. The summed E-state index contributed by atoms with van der Waals surface area (Å²) in [6.45, 7) is 4.43. The molecule has 0 fully saturated rings. The summed E-state index contributed by atoms with van der Waals surface area (Å²) in [7, 11) is 0. The first kappa shape index (κ1) is 11.3. The van der Waals surface area contributed by atoms with Gasteiger partial charge in [-0.2, -0.15) is 12.6 Å². The van der Waals surface area contributed by atoms with Gasteiger partial charge in [-0.1, -0.05) is 0 Å². The van der Waals surface area contributed by atoms with Gasteiger partial charge in [0.15, 0.2) is 0 Å². The van der Waals surface area contributed by atoms with E-state index in [1.807, 2.05) is 0 Å². The first-order valence-electron chi connectivity index (χ1n) is 3.45. The zero-order valence-corrected chi connectivity index (χ0v) is 8.14. The minimum absolute atomic E-state index is 0.411. The van der Waals surface area contributed by atoms with Gasteiger partial charge in [0, 0.05) is 11.7 Å². The molecule has 0 unspecified atom stereocenters. The first-order valence-corrected chi connectivity index (χ1v) is 3.90. The molecule has 0 aromatic heterocycles. The molecule has 0 aromatic carbocycles. The lowest BCUT2D eigenvalue weighted by Gasteiger charge is -2.30. The number of thiol groups is 1. The fourth-order valence-corrected chi connectivity index (χ4v) is 0.897. The molecule has 1 N–H and O–H groups in total. The molecule has 0 heterocycles. The second kappa shape index (κ2) is 3.80. The van der Waals surface area contributed by atoms with E-state index in [0.29, 0.717) is 0 Å². The van der Waals surface area contributed by atoms with Crippen LogP contribution in [0.5, 0.6) is 0 Å². The van der Waals surface area contributed by atoms with E-state index >= 15 is 0 Å². The van der Waals surface area contributed by atoms with Gasteiger partial charge < -0.3 is 15.2 Å². The highest BCUT2D eigenvalue weighted by Gasteiger charge is 2.27. The van der Waals surface area contributed by atoms with Crippen LogP contribution in [0.4, 0.5) is 0 Å². The number of hydrogen-bond acceptors (Lipinski definition) is 4. The summed E-state index contributed by atoms with van der Waals surface area (Å²) in [5, 5.41) is 12.7. The van der Waals surface area contributed by atoms with Crippen molar-refractivity contribution < 1.29 is 14.7 Å². The minimum atomic E-state index is -1.33. The molecule has 4 nitrogen and oxygen atoms in total. The van der Waals surface area contributed by atoms with Crippen molar-refractivity contribution in [3.63, 3.8) is 0 Å². The van der Waals surface area contributed by atoms with Gasteiger partial charge >= 0.3 is 0 Å². The quantitative estimate of drug-likeness (QED) is 0.558. The third kappa shape index (κ3) is 3.61. The summed E-state index contributed by atoms with van der Waals surface area (Å²) in [5.41, 5.74) is 0. The van der Waals surface area contributed by atoms with Crippen LogP contribution in [-0.4, -0.2) is 22.7 Å². The molecule has 12 heavy (non-hydrogen) atoms. The van der Waals surface area contributed by atoms with Crippen molar-refractivity contribution in [1.29, 1.82) is 0 Å². The van der Waals surface area contributed by atoms with E-state index in [1.54, 1.807) is 13.8 Å². The molecule has 0 aromatic rings. The summed E-state index contributed by atoms with van der Waals surface area (Å²) >= 11 is 4.03. The van der Waals surface area contributed by atoms with Gasteiger partial charge in [0.25, 0.3) is 0 Å². The average Bonchev–Trinajstić information content (AvgIpc) is 1.79. The van der Waals surface area contributed by atoms with Crippen LogP contribution in [0.15, 0.2) is 0 Å². The van der Waals surface area contributed by atoms with E-state index in [4.69, 9.17) is 0 Å². The standard InChI is InChI=1S/C7H13NO3S/c1-4(9)8-5(6(10)11)7(2,3)12/h5,12H,1-3H3,(H,8,9)(H,10,11)/p-1/t5-/m1/s1. The molecule has 0 saturated carbocycles. The lowest BCUT2D eigenvalue weighted by atomic mass is 10.0. The molecule has 5 heteroatoms. The molecule has 0 saturated heterocycles. The fourth-order valence-electron chi connectivity index (χ4n) is 0.727. The molecule has 0 bridgehead atoms. The zero-order valence-electron chi connectivity index (χ0n) is 7.25. The van der Waals surface area contributed by atoms with Crippen LogP contribution in [0.25, 0.3) is 0 Å². The summed E-state index contributed by atoms with van der Waals surface area (Å²) < 4.78 is -0.829. The van der Waals surface area contributed by atoms with E-state index in [2.05, 4.69) is 17.9 Å². The molecule has 0 rings (SSSR count). The molecule has 0 aliphatic rings. The Balaban J connectivity index is 4.46. The van der Waals surface area contributed by atoms with Crippen molar-refractivity contribution in [3.05, 3.63) is 0 Å². The maximum absolute atomic E-state index is 10.6. The Bertz CT molecular complexity index is 197. The lowest BCUT2D eigenvalue weighted by molar-refractivity contribution is -0.309. The maximum atomic E-state index is 10.6. The Hall–Kier alpha value is -0.710. The normalized spacial score (nSPS) is 13.7. The van der Waals surface area contributed by atoms with E-state index in [9.17, 15) is 14.7 Å². The third-order valence-corrected chi connectivity index (χ3v) is 1.55. The average molecular weight is 190 g/mol. The topological polar surface area (TPSA) is 69.2 Å². The van der Waals surface area contributed by atoms with Crippen molar-refractivity contribution in [1.82, 2.24) is 5.32 Å². The fraction of sp³-hybridized carbons (Fsp3) is 0.714. The SMILES string of the molecule is CC(=O)N[C@H](C(=O)[O-])C(C)(C)S. The van der Waals surface area contributed by atoms with Gasteiger partial charge in [-0.15, -0.1) is 0 Å². The highest BCUT2D eigenvalue weighted by atomic mass is 32.1. The van der Waals surface area contributed by atoms with Gasteiger partial charge in [-0.3, -0.25) is 4.79 Å². The Labute approximate surface area is 76.8 Å². The Morgan fingerprint density at radius 1 is 1.50 bits per heavy atom. The van der Waals surface area contributed by atoms with Crippen molar-refractivity contribution >= 4 is 24.5 Å². The van der Waals surface area contributed by atoms with Crippen LogP contribution in [0, 0.1) is 0 Å². The number of carbonyl (C=O) groups excluding carboxylic acids is 2. The predicted octanol–water partition coefficient (Wildman–Crippen LogP) is -1.05. The van der Waals surface area contributed by atoms with Crippen molar-refractivity contribution in [2.45, 2.75) is 31.6 Å². The molecule has 1 atom stereocenters. The van der Waals surface area contributed by atoms with Gasteiger partial charge in [0.05, 0.1) is 12.0 Å². The number of amides is 1. The number of carboxylic acids is 1. The van der Waals surface area contributed by atoms with E-state index in [0.717, 1.165) is 0 Å². The lowest BCUT2D eigenvalue weighted by Crippen LogP contribution is -2.56. The monoisotopic (exact) mass is 190 g/mol. The highest BCUT2D eigenvalue weighted by molar-refractivity contribution is 7.81. The number of rotatable bonds is 3. The molecule has 0 aliphatic carbocycles. The summed E-state index contributed by atoms with van der Waals surface area (Å²) in [4.78, 5) is 21.1. The van der Waals surface area contributed by atoms with Crippen LogP contribution >= 0.6 is 12.6 Å². The second-order valence-corrected chi connectivity index (χ2v) is 4.26. The van der Waals surface area contributed by atoms with E-state index in [-0.39, 0.29) is 0 Å². The van der Waals surface area contributed by atoms with Crippen molar-refractivity contribution in [2.24, 2.45) is 0 Å². The molecule has 0 spiro atoms. The van der Waals surface area contributed by atoms with Crippen LogP contribution in [0.1, 0.15) is 20.8 Å². The summed E-state index contributed by atoms with van der Waals surface area (Å²) in [5.74, 6) is -1.74. The van der Waals surface area contributed by atoms with Gasteiger partial charge in [0.1, 0.15) is 0 Å². The van der Waals surface area contributed by atoms with Crippen LogP contribution in [-0.2, 0) is 9.59 Å². The Morgan fingerprint density at radius 3 is 2.00 bits per heavy atom. The Kier molecular flexibility index (Phi) is 3.57. The number of carbonyl (C=O) groups is 2. The van der Waals surface area contributed by atoms with Gasteiger partial charge in [0.2, 0.25) is 5.91 Å². The van der Waals surface area contributed by atoms with Crippen LogP contribution in [0.2, 0.25) is 0 Å². The van der Waals surface area contributed by atoms with Crippen LogP contribution in [0.3, 0.4) is 0 Å². The molecule has 0 aliphatic heterocycles. The number of hydrogen-bond donors (Lipinski definition) is 2. The van der Waals surface area contributed by atoms with Crippen molar-refractivity contribution in [3.8, 4) is 0 Å². The second-order valence-electron chi connectivity index (χ2n) is 3.11. The third-order valence-electron chi connectivity index (χ3n) is 1.29. The number of aliphatic carboxylic acids is 1. The molecular weight excluding hydrogens is 178 g/mol. The smallest absolute Gasteiger partial charge is 0.217 e. The van der Waals surface area contributed by atoms with E-state index in [1.165, 1.54) is 6.92 Å². The predicted molar refractivity (Wildman–Crippen MR) is 45.7 cm³/mol. The maximum Gasteiger partial charge on any atom is 0.217 e. The summed E-state index contributed by atoms with van der Waals surface area (Å²) in [6, 6.07) is -1.07. The van der Waals surface area contributed by atoms with Crippen LogP contribution < -0.4 is 10.4 Å². The summed E-state index contributed by atoms with van der Waals surface area (Å²) in [6.07, 6.45) is 0. The largest absolute Gasteiger partial charge is 0.548 e. The highest BCUT2D eigenvalue weighted by Crippen LogP contribution is 2.16.